The van der Waals surface area contributed by atoms with E-state index >= 15 is 0 Å². The molecule has 5 N–H and O–H groups in total. The normalized spacial score (nSPS) is 15.3. The summed E-state index contributed by atoms with van der Waals surface area (Å²) in [5.41, 5.74) is 5.33. The number of aliphatic hydroxyl groups is 1. The summed E-state index contributed by atoms with van der Waals surface area (Å²) in [5, 5.41) is 13.6. The van der Waals surface area contributed by atoms with Crippen molar-refractivity contribution in [1.82, 2.24) is 5.32 Å². The zero-order valence-electron chi connectivity index (χ0n) is 26.5. The molecule has 0 saturated heterocycles. The Hall–Kier alpha value is -1.54. The van der Waals surface area contributed by atoms with E-state index in [2.05, 4.69) is 67.8 Å². The van der Waals surface area contributed by atoms with E-state index in [1.54, 1.807) is 0 Å². The summed E-state index contributed by atoms with van der Waals surface area (Å²) in [6.07, 6.45) is 32.7. The second kappa shape index (κ2) is 29.5. The number of allylic oxidation sites excluding steroid dienone is 8. The van der Waals surface area contributed by atoms with E-state index in [0.29, 0.717) is 19.3 Å². The largest absolute Gasteiger partial charge is 0.472 e. The highest BCUT2D eigenvalue weighted by molar-refractivity contribution is 7.47. The van der Waals surface area contributed by atoms with Gasteiger partial charge in [0.2, 0.25) is 5.91 Å². The summed E-state index contributed by atoms with van der Waals surface area (Å²) in [6.45, 7) is 3.98. The number of phosphoric ester groups is 1. The number of phosphoric acid groups is 1. The molecule has 0 bridgehead atoms. The molecular weight excluding hydrogens is 551 g/mol. The molecule has 0 aliphatic heterocycles. The van der Waals surface area contributed by atoms with Gasteiger partial charge in [-0.3, -0.25) is 13.8 Å². The van der Waals surface area contributed by atoms with Crippen molar-refractivity contribution in [3.8, 4) is 0 Å². The van der Waals surface area contributed by atoms with Crippen LogP contribution in [0.3, 0.4) is 0 Å². The Morgan fingerprint density at radius 3 is 1.98 bits per heavy atom. The van der Waals surface area contributed by atoms with E-state index in [0.717, 1.165) is 57.8 Å². The van der Waals surface area contributed by atoms with Crippen molar-refractivity contribution in [3.05, 3.63) is 48.6 Å². The van der Waals surface area contributed by atoms with Crippen LogP contribution in [-0.4, -0.2) is 47.8 Å². The van der Waals surface area contributed by atoms with Gasteiger partial charge in [0.25, 0.3) is 0 Å². The van der Waals surface area contributed by atoms with Gasteiger partial charge < -0.3 is 21.1 Å². The minimum absolute atomic E-state index is 0.0794. The number of hydrogen-bond acceptors (Lipinski definition) is 6. The van der Waals surface area contributed by atoms with Crippen LogP contribution >= 0.6 is 7.82 Å². The summed E-state index contributed by atoms with van der Waals surface area (Å²) in [5.74, 6) is -0.209. The molecule has 42 heavy (non-hydrogen) atoms. The van der Waals surface area contributed by atoms with Crippen molar-refractivity contribution in [1.29, 1.82) is 0 Å². The lowest BCUT2D eigenvalue weighted by atomic mass is 10.0. The van der Waals surface area contributed by atoms with Crippen LogP contribution in [0, 0.1) is 0 Å². The number of unbranched alkanes of at least 4 members (excludes halogenated alkanes) is 9. The van der Waals surface area contributed by atoms with E-state index in [1.165, 1.54) is 32.1 Å². The molecule has 0 aromatic carbocycles. The molecular formula is C33H61N2O6P. The fraction of sp³-hybridized carbons (Fsp3) is 0.727. The predicted molar refractivity (Wildman–Crippen MR) is 175 cm³/mol. The molecule has 8 nitrogen and oxygen atoms in total. The maximum absolute atomic E-state index is 12.6. The number of aliphatic hydroxyl groups excluding tert-OH is 1. The van der Waals surface area contributed by atoms with Crippen LogP contribution in [0.15, 0.2) is 48.6 Å². The van der Waals surface area contributed by atoms with Gasteiger partial charge >= 0.3 is 7.82 Å². The molecule has 0 aliphatic carbocycles. The van der Waals surface area contributed by atoms with Crippen molar-refractivity contribution >= 4 is 13.7 Å². The first-order valence-corrected chi connectivity index (χ1v) is 17.7. The highest BCUT2D eigenvalue weighted by atomic mass is 31.2. The van der Waals surface area contributed by atoms with Gasteiger partial charge in [-0.05, 0) is 51.4 Å². The number of nitrogens with two attached hydrogens (primary N) is 1. The van der Waals surface area contributed by atoms with Gasteiger partial charge in [0, 0.05) is 13.0 Å². The summed E-state index contributed by atoms with van der Waals surface area (Å²) in [4.78, 5) is 22.4. The summed E-state index contributed by atoms with van der Waals surface area (Å²) in [7, 11) is -4.31. The molecule has 0 aromatic heterocycles. The zero-order chi connectivity index (χ0) is 31.2. The fourth-order valence-electron chi connectivity index (χ4n) is 4.24. The van der Waals surface area contributed by atoms with Crippen LogP contribution in [0.5, 0.6) is 0 Å². The third kappa shape index (κ3) is 27.3. The average Bonchev–Trinajstić information content (AvgIpc) is 2.97. The third-order valence-electron chi connectivity index (χ3n) is 6.70. The van der Waals surface area contributed by atoms with Crippen molar-refractivity contribution in [2.24, 2.45) is 5.73 Å². The maximum atomic E-state index is 12.6. The molecule has 3 unspecified atom stereocenters. The molecule has 9 heteroatoms. The lowest BCUT2D eigenvalue weighted by Gasteiger charge is -2.25. The second-order valence-corrected chi connectivity index (χ2v) is 12.1. The molecule has 0 saturated carbocycles. The van der Waals surface area contributed by atoms with Crippen molar-refractivity contribution < 1.29 is 28.4 Å². The number of carbonyl (C=O) groups excluding carboxylic acids is 1. The van der Waals surface area contributed by atoms with E-state index in [4.69, 9.17) is 14.8 Å². The van der Waals surface area contributed by atoms with Crippen LogP contribution in [0.1, 0.15) is 123 Å². The quantitative estimate of drug-likeness (QED) is 0.0385. The van der Waals surface area contributed by atoms with Gasteiger partial charge in [-0.15, -0.1) is 0 Å². The minimum atomic E-state index is -4.31. The Morgan fingerprint density at radius 1 is 0.810 bits per heavy atom. The molecule has 244 valence electrons. The fourth-order valence-corrected chi connectivity index (χ4v) is 5.00. The molecule has 0 spiro atoms. The maximum Gasteiger partial charge on any atom is 0.472 e. The molecule has 0 aromatic rings. The van der Waals surface area contributed by atoms with Crippen LogP contribution in [0.2, 0.25) is 0 Å². The van der Waals surface area contributed by atoms with Gasteiger partial charge in [0.1, 0.15) is 0 Å². The van der Waals surface area contributed by atoms with Crippen LogP contribution in [0.4, 0.5) is 0 Å². The van der Waals surface area contributed by atoms with Crippen LogP contribution < -0.4 is 11.1 Å². The topological polar surface area (TPSA) is 131 Å². The third-order valence-corrected chi connectivity index (χ3v) is 7.68. The van der Waals surface area contributed by atoms with Gasteiger partial charge in [0.05, 0.1) is 25.4 Å². The average molecular weight is 613 g/mol. The molecule has 0 fully saturated rings. The number of hydrogen-bond donors (Lipinski definition) is 4. The lowest BCUT2D eigenvalue weighted by Crippen LogP contribution is -2.46. The lowest BCUT2D eigenvalue weighted by molar-refractivity contribution is -0.123. The van der Waals surface area contributed by atoms with Crippen molar-refractivity contribution in [2.75, 3.05) is 19.8 Å². The molecule has 3 atom stereocenters. The summed E-state index contributed by atoms with van der Waals surface area (Å²) < 4.78 is 21.9. The number of carbonyl (C=O) groups is 1. The van der Waals surface area contributed by atoms with Crippen LogP contribution in [0.25, 0.3) is 0 Å². The van der Waals surface area contributed by atoms with Gasteiger partial charge in [-0.25, -0.2) is 4.57 Å². The molecule has 0 radical (unpaired) electrons. The van der Waals surface area contributed by atoms with Crippen molar-refractivity contribution in [2.45, 2.75) is 135 Å². The summed E-state index contributed by atoms with van der Waals surface area (Å²) in [6, 6.07) is -0.793. The first-order chi connectivity index (χ1) is 20.4. The molecule has 0 rings (SSSR count). The van der Waals surface area contributed by atoms with E-state index in [-0.39, 0.29) is 25.7 Å². The first-order valence-electron chi connectivity index (χ1n) is 16.3. The van der Waals surface area contributed by atoms with Crippen LogP contribution in [-0.2, 0) is 18.4 Å². The van der Waals surface area contributed by atoms with Gasteiger partial charge in [0.15, 0.2) is 0 Å². The van der Waals surface area contributed by atoms with Gasteiger partial charge in [-0.1, -0.05) is 114 Å². The Bertz CT molecular complexity index is 799. The molecule has 1 amide bonds. The minimum Gasteiger partial charge on any atom is -0.391 e. The van der Waals surface area contributed by atoms with E-state index in [9.17, 15) is 19.4 Å². The monoisotopic (exact) mass is 612 g/mol. The number of amides is 1. The Kier molecular flexibility index (Phi) is 28.4. The standard InChI is InChI=1S/C33H61N2O6P/c1-3-5-7-9-11-13-14-15-16-17-18-19-21-23-25-27-33(37)35-31(30-41-42(38,39)40-29-28-34)32(36)26-24-22-20-12-10-8-6-4-2/h5,7,11,13,15-16,18-19,31-32,36H,3-4,6,8-10,12,14,17,20-30,34H2,1-2H3,(H,35,37)(H,38,39)/b7-5-,13-11-,16-15-,19-18-. The Balaban J connectivity index is 4.41. The predicted octanol–water partition coefficient (Wildman–Crippen LogP) is 7.82. The SMILES string of the molecule is CC/C=C\C/C=C\C/C=C\C/C=C\CCCCC(=O)NC(COP(=O)(O)OCCN)C(O)CCCCCCCCCC. The number of rotatable bonds is 29. The highest BCUT2D eigenvalue weighted by Gasteiger charge is 2.27. The van der Waals surface area contributed by atoms with E-state index < -0.39 is 20.0 Å². The Morgan fingerprint density at radius 2 is 1.38 bits per heavy atom. The number of nitrogens with one attached hydrogen (secondary N) is 1. The summed E-state index contributed by atoms with van der Waals surface area (Å²) >= 11 is 0. The molecule has 0 heterocycles. The zero-order valence-corrected chi connectivity index (χ0v) is 27.4. The molecule has 0 aliphatic rings. The van der Waals surface area contributed by atoms with Gasteiger partial charge in [-0.2, -0.15) is 0 Å². The van der Waals surface area contributed by atoms with E-state index in [1.807, 2.05) is 0 Å². The highest BCUT2D eigenvalue weighted by Crippen LogP contribution is 2.43. The second-order valence-electron chi connectivity index (χ2n) is 10.6. The first kappa shape index (κ1) is 40.5. The van der Waals surface area contributed by atoms with Crippen molar-refractivity contribution in [3.63, 3.8) is 0 Å². The smallest absolute Gasteiger partial charge is 0.391 e. The Labute approximate surface area is 256 Å².